The highest BCUT2D eigenvalue weighted by atomic mass is 32.2. The van der Waals surface area contributed by atoms with Gasteiger partial charge in [0.05, 0.1) is 10.6 Å². The first-order valence-corrected chi connectivity index (χ1v) is 15.2. The summed E-state index contributed by atoms with van der Waals surface area (Å²) in [6, 6.07) is 4.16. The number of fused-ring (bicyclic) bond motifs is 2. The third-order valence-electron chi connectivity index (χ3n) is 6.79. The zero-order chi connectivity index (χ0) is 28.3. The van der Waals surface area contributed by atoms with Crippen LogP contribution in [0, 0.1) is 4.91 Å². The number of rotatable bonds is 13. The van der Waals surface area contributed by atoms with Gasteiger partial charge in [-0.25, -0.2) is 26.7 Å². The molecule has 0 fully saturated rings. The molecule has 2 aromatic rings. The van der Waals surface area contributed by atoms with Gasteiger partial charge in [-0.05, 0) is 89.8 Å². The molecule has 0 aliphatic heterocycles. The zero-order valence-corrected chi connectivity index (χ0v) is 23.7. The highest BCUT2D eigenvalue weighted by molar-refractivity contribution is 7.90. The summed E-state index contributed by atoms with van der Waals surface area (Å²) in [6.07, 6.45) is 4.18. The highest BCUT2D eigenvalue weighted by Crippen LogP contribution is 2.46. The smallest absolute Gasteiger partial charge is 0.240 e. The van der Waals surface area contributed by atoms with E-state index in [4.69, 9.17) is 5.14 Å². The molecule has 3 rings (SSSR count). The van der Waals surface area contributed by atoms with Crippen LogP contribution in [-0.4, -0.2) is 84.4 Å². The molecule has 0 bridgehead atoms. The van der Waals surface area contributed by atoms with Gasteiger partial charge in [-0.3, -0.25) is 10.7 Å². The third kappa shape index (κ3) is 6.22. The first-order valence-electron chi connectivity index (χ1n) is 12.1. The SMILES string of the molecule is CN(C)CCCNS(=O)(=O)c1ccc2c(NO)c3c(c(N=O)c2c1)CC(CCCN(C)C)(S(N)(=O)=O)C=C3. The molecule has 0 radical (unpaired) electrons. The van der Waals surface area contributed by atoms with Crippen molar-refractivity contribution in [3.05, 3.63) is 40.3 Å². The van der Waals surface area contributed by atoms with Gasteiger partial charge in [0, 0.05) is 22.9 Å². The summed E-state index contributed by atoms with van der Waals surface area (Å²) in [7, 11) is -0.503. The van der Waals surface area contributed by atoms with Crippen LogP contribution in [-0.2, 0) is 26.5 Å². The van der Waals surface area contributed by atoms with Crippen molar-refractivity contribution in [2.45, 2.75) is 35.3 Å². The maximum Gasteiger partial charge on any atom is 0.240 e. The molecule has 0 spiro atoms. The first-order chi connectivity index (χ1) is 17.8. The molecule has 1 unspecified atom stereocenters. The lowest BCUT2D eigenvalue weighted by Gasteiger charge is -2.33. The van der Waals surface area contributed by atoms with E-state index in [0.29, 0.717) is 36.9 Å². The molecule has 0 saturated carbocycles. The maximum atomic E-state index is 13.0. The number of nitrogens with one attached hydrogen (secondary N) is 2. The van der Waals surface area contributed by atoms with Gasteiger partial charge in [0.15, 0.2) is 0 Å². The molecule has 5 N–H and O–H groups in total. The number of anilines is 1. The minimum atomic E-state index is -4.12. The van der Waals surface area contributed by atoms with Crippen LogP contribution in [0.2, 0.25) is 0 Å². The molecule has 38 heavy (non-hydrogen) atoms. The fourth-order valence-corrected chi connectivity index (χ4v) is 6.89. The summed E-state index contributed by atoms with van der Waals surface area (Å²) in [5, 5.41) is 19.4. The van der Waals surface area contributed by atoms with Crippen molar-refractivity contribution in [3.63, 3.8) is 0 Å². The predicted octanol–water partition coefficient (Wildman–Crippen LogP) is 2.21. The van der Waals surface area contributed by atoms with Crippen LogP contribution in [0.1, 0.15) is 30.4 Å². The molecular weight excluding hydrogens is 532 g/mol. The fourth-order valence-electron chi connectivity index (χ4n) is 4.76. The number of benzene rings is 2. The topological polar surface area (TPSA) is 174 Å². The van der Waals surface area contributed by atoms with E-state index in [-0.39, 0.29) is 46.6 Å². The van der Waals surface area contributed by atoms with Gasteiger partial charge in [-0.1, -0.05) is 18.2 Å². The van der Waals surface area contributed by atoms with Crippen LogP contribution in [0.15, 0.2) is 34.3 Å². The van der Waals surface area contributed by atoms with E-state index in [1.807, 2.05) is 38.0 Å². The van der Waals surface area contributed by atoms with E-state index < -0.39 is 24.8 Å². The number of hydrogen-bond donors (Lipinski definition) is 4. The van der Waals surface area contributed by atoms with Crippen LogP contribution < -0.4 is 15.3 Å². The van der Waals surface area contributed by atoms with Crippen LogP contribution in [0.25, 0.3) is 16.8 Å². The first kappa shape index (κ1) is 30.1. The molecule has 210 valence electrons. The Morgan fingerprint density at radius 2 is 1.71 bits per heavy atom. The predicted molar refractivity (Wildman–Crippen MR) is 150 cm³/mol. The van der Waals surface area contributed by atoms with E-state index in [9.17, 15) is 26.9 Å². The lowest BCUT2D eigenvalue weighted by atomic mass is 9.82. The number of primary sulfonamides is 1. The number of nitroso groups, excluding NO2 is 1. The fraction of sp³-hybridized carbons (Fsp3) is 0.500. The number of nitrogens with two attached hydrogens (primary N) is 1. The summed E-state index contributed by atoms with van der Waals surface area (Å²) in [5.41, 5.74) is 2.90. The minimum Gasteiger partial charge on any atom is -0.309 e. The van der Waals surface area contributed by atoms with Crippen molar-refractivity contribution in [2.24, 2.45) is 10.3 Å². The second-order valence-corrected chi connectivity index (χ2v) is 13.8. The average molecular weight is 569 g/mol. The number of hydrogen-bond acceptors (Lipinski definition) is 10. The summed E-state index contributed by atoms with van der Waals surface area (Å²) in [5.74, 6) is 0. The van der Waals surface area contributed by atoms with Crippen LogP contribution in [0.4, 0.5) is 11.4 Å². The van der Waals surface area contributed by atoms with E-state index in [2.05, 4.69) is 15.4 Å². The van der Waals surface area contributed by atoms with E-state index >= 15 is 0 Å². The molecule has 0 aromatic heterocycles. The second kappa shape index (κ2) is 11.7. The van der Waals surface area contributed by atoms with E-state index in [1.54, 1.807) is 0 Å². The standard InChI is InChI=1S/C24H36N6O6S2/c1-29(2)13-5-10-24(38(25,35)36)11-9-19-21(16-24)23(28-32)20-15-17(7-8-18(20)22(19)27-31)37(33,34)26-12-6-14-30(3)4/h7-9,11,15,26-27,31H,5-6,10,12-14,16H2,1-4H3,(H2,25,35,36). The zero-order valence-electron chi connectivity index (χ0n) is 22.1. The molecule has 0 saturated heterocycles. The van der Waals surface area contributed by atoms with Gasteiger partial charge >= 0.3 is 0 Å². The summed E-state index contributed by atoms with van der Waals surface area (Å²) in [6.45, 7) is 1.55. The second-order valence-electron chi connectivity index (χ2n) is 10.1. The molecule has 1 atom stereocenters. The van der Waals surface area contributed by atoms with Crippen LogP contribution >= 0.6 is 0 Å². The van der Waals surface area contributed by atoms with Gasteiger partial charge < -0.3 is 9.80 Å². The van der Waals surface area contributed by atoms with Crippen molar-refractivity contribution in [2.75, 3.05) is 53.3 Å². The van der Waals surface area contributed by atoms with Gasteiger partial charge in [0.25, 0.3) is 0 Å². The Balaban J connectivity index is 2.14. The molecule has 2 aromatic carbocycles. The molecule has 1 aliphatic rings. The maximum absolute atomic E-state index is 13.0. The number of nitrogens with zero attached hydrogens (tertiary/aromatic N) is 3. The summed E-state index contributed by atoms with van der Waals surface area (Å²) >= 11 is 0. The molecular formula is C24H36N6O6S2. The van der Waals surface area contributed by atoms with Crippen LogP contribution in [0.5, 0.6) is 0 Å². The Morgan fingerprint density at radius 1 is 1.05 bits per heavy atom. The van der Waals surface area contributed by atoms with Crippen molar-refractivity contribution in [1.29, 1.82) is 0 Å². The van der Waals surface area contributed by atoms with Crippen molar-refractivity contribution in [1.82, 2.24) is 14.5 Å². The van der Waals surface area contributed by atoms with Gasteiger partial charge in [-0.2, -0.15) is 0 Å². The third-order valence-corrected chi connectivity index (χ3v) is 9.86. The van der Waals surface area contributed by atoms with E-state index in [0.717, 1.165) is 0 Å². The van der Waals surface area contributed by atoms with Gasteiger partial charge in [-0.15, -0.1) is 4.91 Å². The van der Waals surface area contributed by atoms with Gasteiger partial charge in [0.2, 0.25) is 20.0 Å². The Labute approximate surface area is 223 Å². The number of sulfonamides is 2. The minimum absolute atomic E-state index is 0.0846. The summed E-state index contributed by atoms with van der Waals surface area (Å²) < 4.78 is 52.6. The highest BCUT2D eigenvalue weighted by Gasteiger charge is 2.43. The van der Waals surface area contributed by atoms with Gasteiger partial charge in [0.1, 0.15) is 10.4 Å². The molecule has 12 nitrogen and oxygen atoms in total. The molecule has 1 aliphatic carbocycles. The van der Waals surface area contributed by atoms with Crippen LogP contribution in [0.3, 0.4) is 0 Å². The van der Waals surface area contributed by atoms with E-state index in [1.165, 1.54) is 30.4 Å². The Morgan fingerprint density at radius 3 is 2.29 bits per heavy atom. The molecule has 14 heteroatoms. The molecule has 0 amide bonds. The average Bonchev–Trinajstić information content (AvgIpc) is 2.83. The largest absolute Gasteiger partial charge is 0.309 e. The Bertz CT molecular complexity index is 1440. The lowest BCUT2D eigenvalue weighted by molar-refractivity contribution is 0.381. The lowest BCUT2D eigenvalue weighted by Crippen LogP contribution is -2.45. The summed E-state index contributed by atoms with van der Waals surface area (Å²) in [4.78, 5) is 16.0. The Hall–Kier alpha value is -2.46. The quantitative estimate of drug-likeness (QED) is 0.160. The van der Waals surface area contributed by atoms with Crippen molar-refractivity contribution in [3.8, 4) is 0 Å². The molecule has 0 heterocycles. The normalized spacial score (nSPS) is 17.8. The monoisotopic (exact) mass is 568 g/mol. The van der Waals surface area contributed by atoms with Crippen molar-refractivity contribution >= 4 is 48.3 Å². The Kier molecular flexibility index (Phi) is 9.29. The van der Waals surface area contributed by atoms with Crippen molar-refractivity contribution < 1.29 is 22.0 Å².